The maximum absolute atomic E-state index is 11.3. The molecule has 1 aromatic heterocycles. The molecule has 2 fully saturated rings. The molecule has 0 atom stereocenters. The van der Waals surface area contributed by atoms with Crippen molar-refractivity contribution < 1.29 is 4.79 Å². The van der Waals surface area contributed by atoms with Gasteiger partial charge >= 0.3 is 0 Å². The van der Waals surface area contributed by atoms with E-state index in [0.29, 0.717) is 18.3 Å². The average molecular weight is 516 g/mol. The summed E-state index contributed by atoms with van der Waals surface area (Å²) in [6.45, 7) is 8.48. The minimum atomic E-state index is -0.273. The summed E-state index contributed by atoms with van der Waals surface area (Å²) in [5.74, 6) is 1.89. The second kappa shape index (κ2) is 13.0. The molecule has 202 valence electrons. The Morgan fingerprint density at radius 3 is 2.50 bits per heavy atom. The van der Waals surface area contributed by atoms with Gasteiger partial charge in [0.2, 0.25) is 11.9 Å². The van der Waals surface area contributed by atoms with Crippen molar-refractivity contribution in [1.29, 1.82) is 0 Å². The quantitative estimate of drug-likeness (QED) is 0.315. The monoisotopic (exact) mass is 515 g/mol. The first-order valence-electron chi connectivity index (χ1n) is 14.2. The molecule has 4 N–H and O–H groups in total. The molecule has 0 aliphatic carbocycles. The van der Waals surface area contributed by atoms with Gasteiger partial charge in [0, 0.05) is 25.0 Å². The summed E-state index contributed by atoms with van der Waals surface area (Å²) < 4.78 is 0. The third-order valence-electron chi connectivity index (χ3n) is 7.84. The van der Waals surface area contributed by atoms with Crippen molar-refractivity contribution in [3.63, 3.8) is 0 Å². The molecule has 2 saturated heterocycles. The van der Waals surface area contributed by atoms with Crippen molar-refractivity contribution in [2.45, 2.75) is 44.4 Å². The average Bonchev–Trinajstić information content (AvgIpc) is 3.45. The molecule has 3 heterocycles. The van der Waals surface area contributed by atoms with E-state index in [2.05, 4.69) is 50.8 Å². The molecule has 3 aromatic rings. The number of carbonyl (C=O) groups excluding carboxylic acids is 1. The maximum atomic E-state index is 11.3. The molecule has 2 aromatic carbocycles. The lowest BCUT2D eigenvalue weighted by Crippen LogP contribution is -2.34. The molecule has 8 nitrogen and oxygen atoms in total. The lowest BCUT2D eigenvalue weighted by molar-refractivity contribution is -0.117. The second-order valence-electron chi connectivity index (χ2n) is 10.7. The predicted molar refractivity (Wildman–Crippen MR) is 155 cm³/mol. The first kappa shape index (κ1) is 26.4. The van der Waals surface area contributed by atoms with Gasteiger partial charge in [0.15, 0.2) is 0 Å². The van der Waals surface area contributed by atoms with Gasteiger partial charge in [-0.15, -0.1) is 0 Å². The number of benzene rings is 2. The first-order chi connectivity index (χ1) is 18.6. The van der Waals surface area contributed by atoms with E-state index < -0.39 is 0 Å². The summed E-state index contributed by atoms with van der Waals surface area (Å²) >= 11 is 0. The van der Waals surface area contributed by atoms with Gasteiger partial charge in [-0.25, -0.2) is 4.98 Å². The SMILES string of the molecule is NC(=O)Cc1cccc(C2CCN(CCCNc3nc(NCCN4CCCC4)c4ccccc4n3)CC2)c1. The number of hydrogen-bond donors (Lipinski definition) is 3. The van der Waals surface area contributed by atoms with Gasteiger partial charge in [-0.3, -0.25) is 4.79 Å². The Kier molecular flexibility index (Phi) is 9.04. The smallest absolute Gasteiger partial charge is 0.225 e. The number of hydrogen-bond acceptors (Lipinski definition) is 7. The molecule has 0 unspecified atom stereocenters. The summed E-state index contributed by atoms with van der Waals surface area (Å²) in [6, 6.07) is 16.6. The van der Waals surface area contributed by atoms with E-state index in [9.17, 15) is 4.79 Å². The number of para-hydroxylation sites is 1. The Hall–Kier alpha value is -3.23. The fourth-order valence-electron chi connectivity index (χ4n) is 5.78. The number of primary amides is 1. The Balaban J connectivity index is 1.08. The van der Waals surface area contributed by atoms with E-state index >= 15 is 0 Å². The molecule has 0 bridgehead atoms. The molecule has 0 spiro atoms. The Bertz CT molecular complexity index is 1200. The highest BCUT2D eigenvalue weighted by Gasteiger charge is 2.20. The number of fused-ring (bicyclic) bond motifs is 1. The topological polar surface area (TPSA) is 99.4 Å². The van der Waals surface area contributed by atoms with Crippen LogP contribution in [0, 0.1) is 0 Å². The van der Waals surface area contributed by atoms with E-state index in [1.807, 2.05) is 18.2 Å². The third kappa shape index (κ3) is 7.20. The lowest BCUT2D eigenvalue weighted by Gasteiger charge is -2.32. The number of likely N-dealkylation sites (tertiary alicyclic amines) is 2. The van der Waals surface area contributed by atoms with Crippen LogP contribution in [0.1, 0.15) is 49.1 Å². The van der Waals surface area contributed by atoms with Crippen LogP contribution in [-0.2, 0) is 11.2 Å². The van der Waals surface area contributed by atoms with Gasteiger partial charge in [0.1, 0.15) is 5.82 Å². The van der Waals surface area contributed by atoms with E-state index in [1.54, 1.807) is 0 Å². The number of rotatable bonds is 12. The number of anilines is 2. The molecule has 0 radical (unpaired) electrons. The molecule has 2 aliphatic heterocycles. The van der Waals surface area contributed by atoms with Gasteiger partial charge in [-0.1, -0.05) is 36.4 Å². The number of aromatic nitrogens is 2. The van der Waals surface area contributed by atoms with Crippen LogP contribution in [0.3, 0.4) is 0 Å². The van der Waals surface area contributed by atoms with Gasteiger partial charge in [0.05, 0.1) is 11.9 Å². The van der Waals surface area contributed by atoms with E-state index in [-0.39, 0.29) is 5.91 Å². The van der Waals surface area contributed by atoms with Gasteiger partial charge in [-0.2, -0.15) is 4.98 Å². The largest absolute Gasteiger partial charge is 0.369 e. The van der Waals surface area contributed by atoms with Crippen LogP contribution in [0.5, 0.6) is 0 Å². The summed E-state index contributed by atoms with van der Waals surface area (Å²) in [4.78, 5) is 25.9. The zero-order chi connectivity index (χ0) is 26.2. The third-order valence-corrected chi connectivity index (χ3v) is 7.84. The standard InChI is InChI=1S/C30H41N7O/c31-28(38)22-23-7-5-8-25(21-23)24-11-18-37(19-12-24)17-6-13-33-30-34-27-10-2-1-9-26(27)29(35-30)32-14-20-36-15-3-4-16-36/h1-2,5,7-10,21,24H,3-4,6,11-20,22H2,(H2,31,38)(H2,32,33,34,35). The summed E-state index contributed by atoms with van der Waals surface area (Å²) in [5, 5.41) is 8.10. The predicted octanol–water partition coefficient (Wildman–Crippen LogP) is 3.85. The van der Waals surface area contributed by atoms with Crippen LogP contribution >= 0.6 is 0 Å². The van der Waals surface area contributed by atoms with Crippen LogP contribution in [0.25, 0.3) is 10.9 Å². The van der Waals surface area contributed by atoms with Gasteiger partial charge < -0.3 is 26.2 Å². The zero-order valence-electron chi connectivity index (χ0n) is 22.4. The molecular formula is C30H41N7O. The molecule has 2 aliphatic rings. The van der Waals surface area contributed by atoms with Crippen LogP contribution in [0.2, 0.25) is 0 Å². The van der Waals surface area contributed by atoms with E-state index in [0.717, 1.165) is 80.8 Å². The van der Waals surface area contributed by atoms with Crippen molar-refractivity contribution in [2.75, 3.05) is 63.0 Å². The summed E-state index contributed by atoms with van der Waals surface area (Å²) in [6.07, 6.45) is 6.29. The normalized spacial score (nSPS) is 17.2. The van der Waals surface area contributed by atoms with Crippen LogP contribution in [-0.4, -0.2) is 78.0 Å². The van der Waals surface area contributed by atoms with Crippen molar-refractivity contribution >= 4 is 28.6 Å². The highest BCUT2D eigenvalue weighted by Crippen LogP contribution is 2.29. The van der Waals surface area contributed by atoms with Crippen LogP contribution in [0.4, 0.5) is 11.8 Å². The number of nitrogens with one attached hydrogen (secondary N) is 2. The first-order valence-corrected chi connectivity index (χ1v) is 14.2. The van der Waals surface area contributed by atoms with Crippen LogP contribution < -0.4 is 16.4 Å². The van der Waals surface area contributed by atoms with Gasteiger partial charge in [-0.05, 0) is 94.0 Å². The lowest BCUT2D eigenvalue weighted by atomic mass is 9.88. The fraction of sp³-hybridized carbons (Fsp3) is 0.500. The highest BCUT2D eigenvalue weighted by molar-refractivity contribution is 5.90. The van der Waals surface area contributed by atoms with Crippen molar-refractivity contribution in [2.24, 2.45) is 5.73 Å². The molecule has 8 heteroatoms. The highest BCUT2D eigenvalue weighted by atomic mass is 16.1. The molecule has 38 heavy (non-hydrogen) atoms. The van der Waals surface area contributed by atoms with Crippen LogP contribution in [0.15, 0.2) is 48.5 Å². The van der Waals surface area contributed by atoms with Crippen molar-refractivity contribution in [3.05, 3.63) is 59.7 Å². The maximum Gasteiger partial charge on any atom is 0.225 e. The van der Waals surface area contributed by atoms with E-state index in [4.69, 9.17) is 15.7 Å². The number of carbonyl (C=O) groups is 1. The number of nitrogens with two attached hydrogens (primary N) is 1. The second-order valence-corrected chi connectivity index (χ2v) is 10.7. The zero-order valence-corrected chi connectivity index (χ0v) is 22.4. The van der Waals surface area contributed by atoms with E-state index in [1.165, 1.54) is 31.5 Å². The number of piperidine rings is 1. The summed E-state index contributed by atoms with van der Waals surface area (Å²) in [5.41, 5.74) is 8.70. The number of amides is 1. The Morgan fingerprint density at radius 1 is 0.895 bits per heavy atom. The van der Waals surface area contributed by atoms with Crippen molar-refractivity contribution in [3.8, 4) is 0 Å². The van der Waals surface area contributed by atoms with Gasteiger partial charge in [0.25, 0.3) is 0 Å². The van der Waals surface area contributed by atoms with Crippen molar-refractivity contribution in [1.82, 2.24) is 19.8 Å². The summed E-state index contributed by atoms with van der Waals surface area (Å²) in [7, 11) is 0. The fourth-order valence-corrected chi connectivity index (χ4v) is 5.78. The minimum absolute atomic E-state index is 0.273. The Morgan fingerprint density at radius 2 is 1.68 bits per heavy atom. The Labute approximate surface area is 226 Å². The molecule has 5 rings (SSSR count). The molecule has 1 amide bonds. The molecular weight excluding hydrogens is 474 g/mol. The minimum Gasteiger partial charge on any atom is -0.369 e. The molecule has 0 saturated carbocycles. The number of nitrogens with zero attached hydrogens (tertiary/aromatic N) is 4.